The fraction of sp³-hybridized carbons (Fsp3) is 0.696. The van der Waals surface area contributed by atoms with Crippen LogP contribution in [0.25, 0.3) is 0 Å². The zero-order valence-corrected chi connectivity index (χ0v) is 21.1. The van der Waals surface area contributed by atoms with Crippen LogP contribution in [0, 0.1) is 0 Å². The highest BCUT2D eigenvalue weighted by Gasteiger charge is 2.47. The third-order valence-corrected chi connectivity index (χ3v) is 9.39. The monoisotopic (exact) mass is 544 g/mol. The van der Waals surface area contributed by atoms with Gasteiger partial charge in [0.2, 0.25) is 15.9 Å². The molecule has 35 heavy (non-hydrogen) atoms. The molecule has 0 amide bonds. The third-order valence-electron chi connectivity index (χ3n) is 7.08. The summed E-state index contributed by atoms with van der Waals surface area (Å²) in [7, 11) is -3.39. The van der Waals surface area contributed by atoms with Crippen LogP contribution in [0.4, 0.5) is 22.0 Å². The molecule has 12 heteroatoms. The highest BCUT2D eigenvalue weighted by atomic mass is 35.5. The average Bonchev–Trinajstić information content (AvgIpc) is 2.78. The lowest BCUT2D eigenvalue weighted by atomic mass is 9.74. The first-order valence-corrected chi connectivity index (χ1v) is 13.7. The van der Waals surface area contributed by atoms with Gasteiger partial charge in [-0.2, -0.15) is 17.5 Å². The van der Waals surface area contributed by atoms with Gasteiger partial charge in [0, 0.05) is 61.6 Å². The van der Waals surface area contributed by atoms with Crippen LogP contribution in [-0.2, 0) is 16.2 Å². The first-order valence-electron chi connectivity index (χ1n) is 11.7. The van der Waals surface area contributed by atoms with E-state index in [0.717, 1.165) is 6.07 Å². The predicted molar refractivity (Wildman–Crippen MR) is 123 cm³/mol. The molecular formula is C23H30ClF5N2O3S. The number of alkyl halides is 5. The van der Waals surface area contributed by atoms with Gasteiger partial charge >= 0.3 is 6.18 Å². The Balaban J connectivity index is 1.78. The minimum atomic E-state index is -4.76. The van der Waals surface area contributed by atoms with E-state index in [9.17, 15) is 35.2 Å². The minimum absolute atomic E-state index is 0.0293. The van der Waals surface area contributed by atoms with E-state index in [1.807, 2.05) is 4.90 Å². The van der Waals surface area contributed by atoms with Crippen molar-refractivity contribution >= 4 is 27.4 Å². The summed E-state index contributed by atoms with van der Waals surface area (Å²) in [5.41, 5.74) is -2.41. The zero-order valence-electron chi connectivity index (χ0n) is 19.5. The number of rotatable bonds is 8. The maximum absolute atomic E-state index is 14.0. The summed E-state index contributed by atoms with van der Waals surface area (Å²) in [5.74, 6) is -3.53. The van der Waals surface area contributed by atoms with E-state index >= 15 is 0 Å². The minimum Gasteiger partial charge on any atom is -0.295 e. The topological polar surface area (TPSA) is 57.7 Å². The van der Waals surface area contributed by atoms with Gasteiger partial charge in [0.15, 0.2) is 5.78 Å². The van der Waals surface area contributed by atoms with Crippen molar-refractivity contribution in [2.75, 3.05) is 31.9 Å². The van der Waals surface area contributed by atoms with Crippen LogP contribution < -0.4 is 0 Å². The molecule has 1 aromatic carbocycles. The van der Waals surface area contributed by atoms with E-state index in [2.05, 4.69) is 0 Å². The van der Waals surface area contributed by atoms with Crippen molar-refractivity contribution in [1.82, 2.24) is 9.21 Å². The molecule has 0 bridgehead atoms. The van der Waals surface area contributed by atoms with Crippen LogP contribution >= 0.6 is 11.6 Å². The first kappa shape index (κ1) is 28.3. The van der Waals surface area contributed by atoms with Crippen LogP contribution in [0.1, 0.15) is 67.8 Å². The van der Waals surface area contributed by atoms with E-state index in [4.69, 9.17) is 11.6 Å². The Bertz CT molecular complexity index is 1010. The van der Waals surface area contributed by atoms with Gasteiger partial charge in [0.05, 0.1) is 11.3 Å². The molecular weight excluding hydrogens is 515 g/mol. The molecule has 1 saturated heterocycles. The average molecular weight is 545 g/mol. The number of benzene rings is 1. The molecule has 1 heterocycles. The molecule has 5 nitrogen and oxygen atoms in total. The largest absolute Gasteiger partial charge is 0.417 e. The van der Waals surface area contributed by atoms with Gasteiger partial charge in [-0.3, -0.25) is 9.69 Å². The van der Waals surface area contributed by atoms with E-state index < -0.39 is 44.6 Å². The number of nitrogens with zero attached hydrogens (tertiary/aromatic N) is 2. The molecule has 0 radical (unpaired) electrons. The van der Waals surface area contributed by atoms with Gasteiger partial charge in [-0.1, -0.05) is 18.5 Å². The Morgan fingerprint density at radius 2 is 1.66 bits per heavy atom. The first-order chi connectivity index (χ1) is 16.2. The van der Waals surface area contributed by atoms with Gasteiger partial charge in [0.1, 0.15) is 0 Å². The maximum atomic E-state index is 14.0. The van der Waals surface area contributed by atoms with Gasteiger partial charge in [-0.15, -0.1) is 0 Å². The Labute approximate surface area is 207 Å². The van der Waals surface area contributed by atoms with Crippen LogP contribution in [0.3, 0.4) is 0 Å². The number of hydrogen-bond acceptors (Lipinski definition) is 4. The summed E-state index contributed by atoms with van der Waals surface area (Å²) >= 11 is 5.70. The van der Waals surface area contributed by atoms with Crippen LogP contribution in [-0.4, -0.2) is 66.8 Å². The summed E-state index contributed by atoms with van der Waals surface area (Å²) in [4.78, 5) is 14.8. The molecule has 1 aliphatic heterocycles. The van der Waals surface area contributed by atoms with Crippen LogP contribution in [0.15, 0.2) is 18.2 Å². The number of halogens is 6. The number of Topliss-reactive ketones (excluding diaryl/α,β-unsaturated/α-hetero) is 1. The molecule has 0 atom stereocenters. The summed E-state index contributed by atoms with van der Waals surface area (Å²) in [6, 6.07) is 2.98. The smallest absolute Gasteiger partial charge is 0.295 e. The van der Waals surface area contributed by atoms with E-state index in [0.29, 0.717) is 25.6 Å². The second-order valence-electron chi connectivity index (χ2n) is 9.39. The van der Waals surface area contributed by atoms with Crippen molar-refractivity contribution in [2.24, 2.45) is 0 Å². The van der Waals surface area contributed by atoms with Crippen molar-refractivity contribution in [3.8, 4) is 0 Å². The fourth-order valence-corrected chi connectivity index (χ4v) is 6.77. The molecule has 1 aromatic rings. The fourth-order valence-electron chi connectivity index (χ4n) is 5.11. The highest BCUT2D eigenvalue weighted by molar-refractivity contribution is 7.89. The number of piperazine rings is 1. The van der Waals surface area contributed by atoms with Gasteiger partial charge in [-0.25, -0.2) is 17.2 Å². The standard InChI is InChI=1S/C23H30ClF5N2O3S/c1-2-15-35(33,34)31-13-11-30(12-14-31)21(7-9-22(25,26)10-8-21)6-5-20(32)18-4-3-17(24)16-19(18)23(27,28)29/h3-4,16H,2,5-15H2,1H3. The molecule has 1 aliphatic carbocycles. The number of hydrogen-bond donors (Lipinski definition) is 0. The lowest BCUT2D eigenvalue weighted by Crippen LogP contribution is -2.60. The van der Waals surface area contributed by atoms with Crippen molar-refractivity contribution in [2.45, 2.75) is 69.5 Å². The second-order valence-corrected chi connectivity index (χ2v) is 11.9. The summed E-state index contributed by atoms with van der Waals surface area (Å²) in [6.07, 6.45) is -5.01. The number of carbonyl (C=O) groups is 1. The van der Waals surface area contributed by atoms with Gasteiger partial charge < -0.3 is 0 Å². The third kappa shape index (κ3) is 6.72. The van der Waals surface area contributed by atoms with E-state index in [1.165, 1.54) is 10.4 Å². The van der Waals surface area contributed by atoms with Crippen molar-refractivity contribution in [3.63, 3.8) is 0 Å². The second kappa shape index (κ2) is 10.6. The SMILES string of the molecule is CCCS(=O)(=O)N1CCN(C2(CCC(=O)c3ccc(Cl)cc3C(F)(F)F)CCC(F)(F)CC2)CC1. The zero-order chi connectivity index (χ0) is 26.1. The Morgan fingerprint density at radius 3 is 2.20 bits per heavy atom. The molecule has 3 rings (SSSR count). The highest BCUT2D eigenvalue weighted by Crippen LogP contribution is 2.45. The molecule has 0 aromatic heterocycles. The summed E-state index contributed by atoms with van der Waals surface area (Å²) in [6.45, 7) is 2.83. The molecule has 2 aliphatic rings. The lowest BCUT2D eigenvalue weighted by Gasteiger charge is -2.51. The molecule has 198 valence electrons. The predicted octanol–water partition coefficient (Wildman–Crippen LogP) is 5.63. The molecule has 2 fully saturated rings. The van der Waals surface area contributed by atoms with Crippen LogP contribution in [0.5, 0.6) is 0 Å². The lowest BCUT2D eigenvalue weighted by molar-refractivity contribution is -0.137. The molecule has 1 saturated carbocycles. The van der Waals surface area contributed by atoms with Crippen molar-refractivity contribution in [1.29, 1.82) is 0 Å². The van der Waals surface area contributed by atoms with E-state index in [1.54, 1.807) is 6.92 Å². The number of carbonyl (C=O) groups excluding carboxylic acids is 1. The van der Waals surface area contributed by atoms with Crippen LogP contribution in [0.2, 0.25) is 5.02 Å². The van der Waals surface area contributed by atoms with E-state index in [-0.39, 0.29) is 62.4 Å². The van der Waals surface area contributed by atoms with Crippen molar-refractivity contribution in [3.05, 3.63) is 34.3 Å². The molecule has 0 spiro atoms. The Kier molecular flexibility index (Phi) is 8.56. The van der Waals surface area contributed by atoms with Gasteiger partial charge in [-0.05, 0) is 43.9 Å². The number of ketones is 1. The van der Waals surface area contributed by atoms with Gasteiger partial charge in [0.25, 0.3) is 0 Å². The maximum Gasteiger partial charge on any atom is 0.417 e. The number of sulfonamides is 1. The molecule has 0 unspecified atom stereocenters. The summed E-state index contributed by atoms with van der Waals surface area (Å²) < 4.78 is 94.6. The normalized spacial score (nSPS) is 21.7. The Morgan fingerprint density at radius 1 is 1.06 bits per heavy atom. The van der Waals surface area contributed by atoms with Crippen molar-refractivity contribution < 1.29 is 35.2 Å². The quantitative estimate of drug-likeness (QED) is 0.314. The Hall–Kier alpha value is -1.30. The molecule has 0 N–H and O–H groups in total. The summed E-state index contributed by atoms with van der Waals surface area (Å²) in [5, 5.41) is -0.143.